The van der Waals surface area contributed by atoms with Crippen LogP contribution in [0.3, 0.4) is 0 Å². The Balaban J connectivity index is 1.69. The second-order valence-electron chi connectivity index (χ2n) is 5.89. The van der Waals surface area contributed by atoms with Gasteiger partial charge >= 0.3 is 0 Å². The molecule has 0 bridgehead atoms. The van der Waals surface area contributed by atoms with Crippen LogP contribution in [0.5, 0.6) is 5.75 Å². The topological polar surface area (TPSA) is 21.3 Å². The van der Waals surface area contributed by atoms with Crippen molar-refractivity contribution in [1.29, 1.82) is 0 Å². The van der Waals surface area contributed by atoms with Crippen molar-refractivity contribution >= 4 is 17.3 Å². The van der Waals surface area contributed by atoms with Crippen LogP contribution in [-0.2, 0) is 13.2 Å². The van der Waals surface area contributed by atoms with E-state index in [-0.39, 0.29) is 5.82 Å². The molecule has 3 aromatic carbocycles. The highest BCUT2D eigenvalue weighted by Gasteiger charge is 2.06. The van der Waals surface area contributed by atoms with Gasteiger partial charge < -0.3 is 10.1 Å². The minimum absolute atomic E-state index is 0.252. The summed E-state index contributed by atoms with van der Waals surface area (Å²) in [5.74, 6) is 0.506. The van der Waals surface area contributed by atoms with Gasteiger partial charge in [0.15, 0.2) is 0 Å². The van der Waals surface area contributed by atoms with E-state index in [1.807, 2.05) is 24.3 Å². The molecule has 0 fully saturated rings. The van der Waals surface area contributed by atoms with Crippen LogP contribution in [0.4, 0.5) is 10.1 Å². The summed E-state index contributed by atoms with van der Waals surface area (Å²) < 4.78 is 18.9. The molecule has 25 heavy (non-hydrogen) atoms. The van der Waals surface area contributed by atoms with Crippen LogP contribution in [-0.4, -0.2) is 0 Å². The van der Waals surface area contributed by atoms with Crippen molar-refractivity contribution < 1.29 is 9.13 Å². The Morgan fingerprint density at radius 3 is 2.40 bits per heavy atom. The Bertz CT molecular complexity index is 832. The molecule has 0 atom stereocenters. The van der Waals surface area contributed by atoms with E-state index in [2.05, 4.69) is 24.4 Å². The van der Waals surface area contributed by atoms with Gasteiger partial charge in [0.1, 0.15) is 18.2 Å². The van der Waals surface area contributed by atoms with Crippen LogP contribution in [0.25, 0.3) is 0 Å². The van der Waals surface area contributed by atoms with Crippen molar-refractivity contribution in [2.45, 2.75) is 20.1 Å². The van der Waals surface area contributed by atoms with Gasteiger partial charge in [-0.25, -0.2) is 4.39 Å². The fourth-order valence-electron chi connectivity index (χ4n) is 2.44. The molecule has 4 heteroatoms. The zero-order chi connectivity index (χ0) is 17.6. The maximum atomic E-state index is 13.0. The highest BCUT2D eigenvalue weighted by Crippen LogP contribution is 2.25. The Kier molecular flexibility index (Phi) is 5.56. The molecular formula is C21H19ClFNO. The molecule has 0 saturated carbocycles. The van der Waals surface area contributed by atoms with E-state index < -0.39 is 0 Å². The third kappa shape index (κ3) is 4.97. The number of ether oxygens (including phenoxy) is 1. The number of halogens is 2. The van der Waals surface area contributed by atoms with Gasteiger partial charge in [0.25, 0.3) is 0 Å². The fourth-order valence-corrected chi connectivity index (χ4v) is 2.63. The smallest absolute Gasteiger partial charge is 0.124 e. The summed E-state index contributed by atoms with van der Waals surface area (Å²) in [7, 11) is 0. The molecule has 0 saturated heterocycles. The van der Waals surface area contributed by atoms with Gasteiger partial charge in [0.05, 0.1) is 0 Å². The highest BCUT2D eigenvalue weighted by molar-refractivity contribution is 6.30. The molecule has 128 valence electrons. The molecule has 0 unspecified atom stereocenters. The van der Waals surface area contributed by atoms with Gasteiger partial charge in [-0.05, 0) is 55.0 Å². The van der Waals surface area contributed by atoms with E-state index in [0.717, 1.165) is 22.6 Å². The SMILES string of the molecule is Cc1ccc(NCc2cc(Cl)ccc2OCc2ccc(F)cc2)cc1. The molecule has 0 aromatic heterocycles. The first kappa shape index (κ1) is 17.3. The fraction of sp³-hybridized carbons (Fsp3) is 0.143. The van der Waals surface area contributed by atoms with Crippen molar-refractivity contribution in [2.75, 3.05) is 5.32 Å². The largest absolute Gasteiger partial charge is 0.489 e. The van der Waals surface area contributed by atoms with Gasteiger partial charge in [-0.15, -0.1) is 0 Å². The van der Waals surface area contributed by atoms with Crippen LogP contribution in [0, 0.1) is 12.7 Å². The molecule has 0 spiro atoms. The lowest BCUT2D eigenvalue weighted by molar-refractivity contribution is 0.303. The summed E-state index contributed by atoms with van der Waals surface area (Å²) in [6.45, 7) is 3.03. The predicted octanol–water partition coefficient (Wildman–Crippen LogP) is 5.98. The first-order valence-corrected chi connectivity index (χ1v) is 8.44. The standard InChI is InChI=1S/C21H19ClFNO/c1-15-2-9-20(10-3-15)24-13-17-12-18(22)6-11-21(17)25-14-16-4-7-19(23)8-5-16/h2-12,24H,13-14H2,1H3. The summed E-state index contributed by atoms with van der Waals surface area (Å²) in [6, 6.07) is 20.1. The first-order valence-electron chi connectivity index (χ1n) is 8.06. The normalized spacial score (nSPS) is 10.5. The quantitative estimate of drug-likeness (QED) is 0.587. The molecule has 3 rings (SSSR count). The molecule has 0 amide bonds. The van der Waals surface area contributed by atoms with Gasteiger partial charge in [-0.3, -0.25) is 0 Å². The van der Waals surface area contributed by atoms with Gasteiger partial charge in [-0.2, -0.15) is 0 Å². The zero-order valence-electron chi connectivity index (χ0n) is 13.9. The molecule has 0 heterocycles. The molecule has 0 aliphatic rings. The van der Waals surface area contributed by atoms with Crippen LogP contribution in [0.2, 0.25) is 5.02 Å². The van der Waals surface area contributed by atoms with Crippen LogP contribution < -0.4 is 10.1 Å². The van der Waals surface area contributed by atoms with E-state index in [1.54, 1.807) is 18.2 Å². The van der Waals surface area contributed by atoms with Gasteiger partial charge in [-0.1, -0.05) is 41.4 Å². The molecule has 3 aromatic rings. The number of aryl methyl sites for hydroxylation is 1. The summed E-state index contributed by atoms with van der Waals surface area (Å²) >= 11 is 6.13. The zero-order valence-corrected chi connectivity index (χ0v) is 14.7. The van der Waals surface area contributed by atoms with Crippen molar-refractivity contribution in [3.63, 3.8) is 0 Å². The Hall–Kier alpha value is -2.52. The monoisotopic (exact) mass is 355 g/mol. The minimum Gasteiger partial charge on any atom is -0.489 e. The van der Waals surface area contributed by atoms with Crippen molar-refractivity contribution in [1.82, 2.24) is 0 Å². The number of hydrogen-bond acceptors (Lipinski definition) is 2. The molecular weight excluding hydrogens is 337 g/mol. The predicted molar refractivity (Wildman–Crippen MR) is 101 cm³/mol. The third-order valence-corrected chi connectivity index (χ3v) is 4.10. The molecule has 0 aliphatic heterocycles. The summed E-state index contributed by atoms with van der Waals surface area (Å²) in [6.07, 6.45) is 0. The van der Waals surface area contributed by atoms with Crippen LogP contribution in [0.15, 0.2) is 66.7 Å². The second-order valence-corrected chi connectivity index (χ2v) is 6.32. The second kappa shape index (κ2) is 8.04. The van der Waals surface area contributed by atoms with E-state index in [4.69, 9.17) is 16.3 Å². The number of anilines is 1. The Morgan fingerprint density at radius 1 is 0.960 bits per heavy atom. The Morgan fingerprint density at radius 2 is 1.68 bits per heavy atom. The van der Waals surface area contributed by atoms with Crippen LogP contribution >= 0.6 is 11.6 Å². The molecule has 0 aliphatic carbocycles. The Labute approximate surface area is 152 Å². The highest BCUT2D eigenvalue weighted by atomic mass is 35.5. The van der Waals surface area contributed by atoms with Gasteiger partial charge in [0, 0.05) is 22.8 Å². The van der Waals surface area contributed by atoms with Gasteiger partial charge in [0.2, 0.25) is 0 Å². The molecule has 1 N–H and O–H groups in total. The summed E-state index contributed by atoms with van der Waals surface area (Å²) in [5, 5.41) is 4.04. The van der Waals surface area contributed by atoms with E-state index in [9.17, 15) is 4.39 Å². The van der Waals surface area contributed by atoms with Crippen LogP contribution in [0.1, 0.15) is 16.7 Å². The third-order valence-electron chi connectivity index (χ3n) is 3.86. The lowest BCUT2D eigenvalue weighted by atomic mass is 10.1. The molecule has 2 nitrogen and oxygen atoms in total. The average Bonchev–Trinajstić information content (AvgIpc) is 2.62. The van der Waals surface area contributed by atoms with Crippen molar-refractivity contribution in [3.05, 3.63) is 94.3 Å². The number of nitrogens with one attached hydrogen (secondary N) is 1. The number of hydrogen-bond donors (Lipinski definition) is 1. The maximum absolute atomic E-state index is 13.0. The van der Waals surface area contributed by atoms with E-state index in [1.165, 1.54) is 17.7 Å². The lowest BCUT2D eigenvalue weighted by Crippen LogP contribution is -2.04. The first-order chi connectivity index (χ1) is 12.1. The summed E-state index contributed by atoms with van der Waals surface area (Å²) in [4.78, 5) is 0. The number of rotatable bonds is 6. The number of benzene rings is 3. The average molecular weight is 356 g/mol. The van der Waals surface area contributed by atoms with E-state index >= 15 is 0 Å². The van der Waals surface area contributed by atoms with Crippen molar-refractivity contribution in [2.24, 2.45) is 0 Å². The summed E-state index contributed by atoms with van der Waals surface area (Å²) in [5.41, 5.74) is 4.13. The maximum Gasteiger partial charge on any atom is 0.124 e. The lowest BCUT2D eigenvalue weighted by Gasteiger charge is -2.14. The van der Waals surface area contributed by atoms with E-state index in [0.29, 0.717) is 18.2 Å². The minimum atomic E-state index is -0.252. The van der Waals surface area contributed by atoms with Crippen molar-refractivity contribution in [3.8, 4) is 5.75 Å². The molecule has 0 radical (unpaired) electrons.